The van der Waals surface area contributed by atoms with Gasteiger partial charge in [0.1, 0.15) is 11.5 Å². The number of aromatic amines is 1. The third-order valence-corrected chi connectivity index (χ3v) is 4.13. The summed E-state index contributed by atoms with van der Waals surface area (Å²) >= 11 is 1.66. The van der Waals surface area contributed by atoms with Gasteiger partial charge in [-0.3, -0.25) is 0 Å². The molecule has 0 radical (unpaired) electrons. The van der Waals surface area contributed by atoms with Crippen LogP contribution in [-0.4, -0.2) is 16.5 Å². The first-order valence-corrected chi connectivity index (χ1v) is 8.10. The number of furan rings is 1. The van der Waals surface area contributed by atoms with Gasteiger partial charge in [-0.05, 0) is 43.3 Å². The van der Waals surface area contributed by atoms with Crippen molar-refractivity contribution < 1.29 is 4.42 Å². The summed E-state index contributed by atoms with van der Waals surface area (Å²) in [6.45, 7) is 5.90. The molecule has 0 aliphatic rings. The smallest absolute Gasteiger partial charge is 0.166 e. The largest absolute Gasteiger partial charge is 0.464 e. The molecule has 0 saturated heterocycles. The van der Waals surface area contributed by atoms with Crippen LogP contribution in [0.25, 0.3) is 11.0 Å². The highest BCUT2D eigenvalue weighted by molar-refractivity contribution is 7.98. The molecule has 4 nitrogen and oxygen atoms in total. The number of fused-ring (bicyclic) bond motifs is 1. The molecule has 2 heterocycles. The van der Waals surface area contributed by atoms with Crippen molar-refractivity contribution >= 4 is 22.8 Å². The normalized spacial score (nSPS) is 11.3. The Labute approximate surface area is 128 Å². The average Bonchev–Trinajstić information content (AvgIpc) is 3.08. The number of rotatable bonds is 6. The second kappa shape index (κ2) is 6.37. The third-order valence-electron chi connectivity index (χ3n) is 3.23. The molecule has 0 fully saturated rings. The lowest BCUT2D eigenvalue weighted by Gasteiger charge is -1.97. The van der Waals surface area contributed by atoms with Crippen LogP contribution in [0.15, 0.2) is 39.9 Å². The molecule has 21 heavy (non-hydrogen) atoms. The standard InChI is InChI=1S/C16H19N3OS/c1-3-17-9-12-5-6-13(20-12)10-21-16-18-14-7-4-11(2)8-15(14)19-16/h4-8,17H,3,9-10H2,1-2H3,(H,18,19). The van der Waals surface area contributed by atoms with Crippen molar-refractivity contribution in [3.05, 3.63) is 47.4 Å². The van der Waals surface area contributed by atoms with E-state index in [0.29, 0.717) is 0 Å². The van der Waals surface area contributed by atoms with Crippen LogP contribution in [-0.2, 0) is 12.3 Å². The van der Waals surface area contributed by atoms with Crippen molar-refractivity contribution in [1.82, 2.24) is 15.3 Å². The second-order valence-corrected chi connectivity index (χ2v) is 5.96. The lowest BCUT2D eigenvalue weighted by molar-refractivity contribution is 0.462. The summed E-state index contributed by atoms with van der Waals surface area (Å²) < 4.78 is 5.78. The molecule has 0 spiro atoms. The molecule has 0 saturated carbocycles. The fourth-order valence-corrected chi connectivity index (χ4v) is 2.93. The van der Waals surface area contributed by atoms with Crippen LogP contribution in [0.5, 0.6) is 0 Å². The first kappa shape index (κ1) is 14.2. The molecule has 3 rings (SSSR count). The Kier molecular flexibility index (Phi) is 4.31. The minimum Gasteiger partial charge on any atom is -0.464 e. The number of imidazole rings is 1. The number of aromatic nitrogens is 2. The Morgan fingerprint density at radius 3 is 2.95 bits per heavy atom. The fraction of sp³-hybridized carbons (Fsp3) is 0.312. The highest BCUT2D eigenvalue weighted by Gasteiger charge is 2.06. The zero-order valence-corrected chi connectivity index (χ0v) is 13.1. The number of hydrogen-bond acceptors (Lipinski definition) is 4. The molecule has 2 aromatic heterocycles. The van der Waals surface area contributed by atoms with E-state index in [1.165, 1.54) is 5.56 Å². The maximum Gasteiger partial charge on any atom is 0.166 e. The number of aryl methyl sites for hydroxylation is 1. The van der Waals surface area contributed by atoms with Crippen LogP contribution in [0.4, 0.5) is 0 Å². The van der Waals surface area contributed by atoms with Crippen LogP contribution in [0.2, 0.25) is 0 Å². The molecular formula is C16H19N3OS. The van der Waals surface area contributed by atoms with E-state index in [-0.39, 0.29) is 0 Å². The Morgan fingerprint density at radius 1 is 1.24 bits per heavy atom. The van der Waals surface area contributed by atoms with Crippen LogP contribution in [0.3, 0.4) is 0 Å². The van der Waals surface area contributed by atoms with Gasteiger partial charge in [-0.1, -0.05) is 24.8 Å². The van der Waals surface area contributed by atoms with Gasteiger partial charge in [0.2, 0.25) is 0 Å². The number of nitrogens with zero attached hydrogens (tertiary/aromatic N) is 1. The second-order valence-electron chi connectivity index (χ2n) is 5.00. The molecular weight excluding hydrogens is 282 g/mol. The minimum absolute atomic E-state index is 0.783. The summed E-state index contributed by atoms with van der Waals surface area (Å²) in [5.74, 6) is 2.74. The Hall–Kier alpha value is -1.72. The van der Waals surface area contributed by atoms with E-state index in [1.54, 1.807) is 11.8 Å². The summed E-state index contributed by atoms with van der Waals surface area (Å²) in [6, 6.07) is 10.3. The van der Waals surface area contributed by atoms with Gasteiger partial charge in [0, 0.05) is 0 Å². The molecule has 0 amide bonds. The number of benzene rings is 1. The van der Waals surface area contributed by atoms with Crippen molar-refractivity contribution in [2.24, 2.45) is 0 Å². The van der Waals surface area contributed by atoms with E-state index in [2.05, 4.69) is 41.3 Å². The molecule has 5 heteroatoms. The lowest BCUT2D eigenvalue weighted by Crippen LogP contribution is -2.10. The third kappa shape index (κ3) is 3.49. The molecule has 110 valence electrons. The highest BCUT2D eigenvalue weighted by Crippen LogP contribution is 2.24. The molecule has 0 unspecified atom stereocenters. The zero-order chi connectivity index (χ0) is 14.7. The van der Waals surface area contributed by atoms with Gasteiger partial charge in [0.05, 0.1) is 23.3 Å². The van der Waals surface area contributed by atoms with Gasteiger partial charge in [-0.25, -0.2) is 4.98 Å². The minimum atomic E-state index is 0.783. The molecule has 0 aliphatic carbocycles. The van der Waals surface area contributed by atoms with E-state index in [1.807, 2.05) is 18.2 Å². The van der Waals surface area contributed by atoms with E-state index in [9.17, 15) is 0 Å². The number of H-pyrrole nitrogens is 1. The van der Waals surface area contributed by atoms with E-state index < -0.39 is 0 Å². The van der Waals surface area contributed by atoms with Crippen molar-refractivity contribution in [3.8, 4) is 0 Å². The summed E-state index contributed by atoms with van der Waals surface area (Å²) in [7, 11) is 0. The lowest BCUT2D eigenvalue weighted by atomic mass is 10.2. The monoisotopic (exact) mass is 301 g/mol. The van der Waals surface area contributed by atoms with Crippen molar-refractivity contribution in [2.75, 3.05) is 6.54 Å². The maximum atomic E-state index is 5.78. The average molecular weight is 301 g/mol. The first-order valence-electron chi connectivity index (χ1n) is 7.12. The van der Waals surface area contributed by atoms with Crippen LogP contribution < -0.4 is 5.32 Å². The van der Waals surface area contributed by atoms with Gasteiger partial charge in [0.15, 0.2) is 5.16 Å². The van der Waals surface area contributed by atoms with Gasteiger partial charge in [-0.2, -0.15) is 0 Å². The Morgan fingerprint density at radius 2 is 2.10 bits per heavy atom. The molecule has 0 aliphatic heterocycles. The molecule has 0 atom stereocenters. The van der Waals surface area contributed by atoms with Crippen molar-refractivity contribution in [2.45, 2.75) is 31.3 Å². The van der Waals surface area contributed by atoms with E-state index >= 15 is 0 Å². The SMILES string of the molecule is CCNCc1ccc(CSc2nc3ccc(C)cc3[nH]2)o1. The fourth-order valence-electron chi connectivity index (χ4n) is 2.15. The van der Waals surface area contributed by atoms with Crippen molar-refractivity contribution in [3.63, 3.8) is 0 Å². The van der Waals surface area contributed by atoms with Gasteiger partial charge in [-0.15, -0.1) is 0 Å². The van der Waals surface area contributed by atoms with Crippen LogP contribution >= 0.6 is 11.8 Å². The molecule has 3 aromatic rings. The molecule has 1 aromatic carbocycles. The molecule has 0 bridgehead atoms. The van der Waals surface area contributed by atoms with Gasteiger partial charge in [0.25, 0.3) is 0 Å². The van der Waals surface area contributed by atoms with E-state index in [4.69, 9.17) is 4.42 Å². The summed E-state index contributed by atoms with van der Waals surface area (Å²) in [5.41, 5.74) is 3.34. The Bertz CT molecular complexity index is 732. The number of hydrogen-bond donors (Lipinski definition) is 2. The van der Waals surface area contributed by atoms with Gasteiger partial charge >= 0.3 is 0 Å². The predicted octanol–water partition coefficient (Wildman–Crippen LogP) is 3.87. The molecule has 2 N–H and O–H groups in total. The van der Waals surface area contributed by atoms with Crippen LogP contribution in [0, 0.1) is 6.92 Å². The summed E-state index contributed by atoms with van der Waals surface area (Å²) in [6.07, 6.45) is 0. The summed E-state index contributed by atoms with van der Waals surface area (Å²) in [4.78, 5) is 7.92. The highest BCUT2D eigenvalue weighted by atomic mass is 32.2. The first-order chi connectivity index (χ1) is 10.2. The van der Waals surface area contributed by atoms with Crippen LogP contribution in [0.1, 0.15) is 24.0 Å². The topological polar surface area (TPSA) is 53.9 Å². The quantitative estimate of drug-likeness (QED) is 0.679. The maximum absolute atomic E-state index is 5.78. The number of thioether (sulfide) groups is 1. The zero-order valence-electron chi connectivity index (χ0n) is 12.3. The number of nitrogens with one attached hydrogen (secondary N) is 2. The van der Waals surface area contributed by atoms with Gasteiger partial charge < -0.3 is 14.7 Å². The van der Waals surface area contributed by atoms with E-state index in [0.717, 1.165) is 46.6 Å². The summed E-state index contributed by atoms with van der Waals surface area (Å²) in [5, 5.41) is 4.19. The Balaban J connectivity index is 1.64. The predicted molar refractivity (Wildman–Crippen MR) is 86.5 cm³/mol. The van der Waals surface area contributed by atoms with Crippen molar-refractivity contribution in [1.29, 1.82) is 0 Å².